The molecule has 6 nitrogen and oxygen atoms in total. The van der Waals surface area contributed by atoms with E-state index in [-0.39, 0.29) is 17.3 Å². The molecule has 1 saturated heterocycles. The van der Waals surface area contributed by atoms with Gasteiger partial charge in [-0.2, -0.15) is 8.42 Å². The van der Waals surface area contributed by atoms with E-state index in [1.165, 1.54) is 25.7 Å². The number of piperidine rings is 1. The Morgan fingerprint density at radius 1 is 1.19 bits per heavy atom. The molecule has 3 aliphatic rings. The van der Waals surface area contributed by atoms with E-state index in [1.54, 1.807) is 36.2 Å². The highest BCUT2D eigenvalue weighted by atomic mass is 32.2. The van der Waals surface area contributed by atoms with E-state index in [4.69, 9.17) is 0 Å². The lowest BCUT2D eigenvalue weighted by Gasteiger charge is -2.41. The highest BCUT2D eigenvalue weighted by Crippen LogP contribution is 2.36. The van der Waals surface area contributed by atoms with E-state index in [0.29, 0.717) is 17.3 Å². The molecular weight excluding hydrogens is 350 g/mol. The zero-order chi connectivity index (χ0) is 18.3. The predicted molar refractivity (Wildman–Crippen MR) is 99.4 cm³/mol. The number of rotatable bonds is 2. The molecule has 0 radical (unpaired) electrons. The number of amidine groups is 1. The summed E-state index contributed by atoms with van der Waals surface area (Å²) in [5, 5.41) is 0. The van der Waals surface area contributed by atoms with E-state index in [9.17, 15) is 13.2 Å². The molecule has 2 heterocycles. The summed E-state index contributed by atoms with van der Waals surface area (Å²) in [6.45, 7) is 1.81. The first-order valence-corrected chi connectivity index (χ1v) is 10.8. The topological polar surface area (TPSA) is 70.1 Å². The van der Waals surface area contributed by atoms with E-state index in [0.717, 1.165) is 25.4 Å². The summed E-state index contributed by atoms with van der Waals surface area (Å²) in [6, 6.07) is 6.78. The van der Waals surface area contributed by atoms with Gasteiger partial charge in [-0.3, -0.25) is 4.79 Å². The Labute approximate surface area is 154 Å². The molecule has 0 spiro atoms. The van der Waals surface area contributed by atoms with Crippen molar-refractivity contribution in [2.24, 2.45) is 16.2 Å². The van der Waals surface area contributed by atoms with Gasteiger partial charge in [0.15, 0.2) is 5.84 Å². The Balaban J connectivity index is 1.45. The second-order valence-corrected chi connectivity index (χ2v) is 9.25. The lowest BCUT2D eigenvalue weighted by Crippen LogP contribution is -2.48. The lowest BCUT2D eigenvalue weighted by atomic mass is 9.75. The summed E-state index contributed by atoms with van der Waals surface area (Å²) in [4.78, 5) is 16.6. The average molecular weight is 375 g/mol. The third kappa shape index (κ3) is 3.13. The molecule has 1 aliphatic carbocycles. The van der Waals surface area contributed by atoms with E-state index in [1.807, 2.05) is 4.90 Å². The maximum absolute atomic E-state index is 12.8. The molecule has 2 aliphatic heterocycles. The Morgan fingerprint density at radius 3 is 2.73 bits per heavy atom. The number of likely N-dealkylation sites (N-methyl/N-ethyl adjacent to an activating group) is 1. The molecule has 0 aromatic heterocycles. The fraction of sp³-hybridized carbons (Fsp3) is 0.579. The minimum atomic E-state index is -3.65. The van der Waals surface area contributed by atoms with Crippen molar-refractivity contribution in [2.45, 2.75) is 37.0 Å². The zero-order valence-corrected chi connectivity index (χ0v) is 15.9. The SMILES string of the molecule is CN(CC(=O)N1CC[C@H]2CCCC[C@H]2C1)C1=NS(=O)(=O)c2ccccc21. The normalized spacial score (nSPS) is 26.7. The van der Waals surface area contributed by atoms with Crippen molar-refractivity contribution in [3.05, 3.63) is 29.8 Å². The number of benzene rings is 1. The van der Waals surface area contributed by atoms with Crippen LogP contribution in [-0.4, -0.2) is 56.6 Å². The van der Waals surface area contributed by atoms with Gasteiger partial charge >= 0.3 is 0 Å². The van der Waals surface area contributed by atoms with Crippen molar-refractivity contribution < 1.29 is 13.2 Å². The molecular formula is C19H25N3O3S. The highest BCUT2D eigenvalue weighted by molar-refractivity contribution is 7.90. The van der Waals surface area contributed by atoms with Gasteiger partial charge in [-0.1, -0.05) is 31.4 Å². The number of sulfonamides is 1. The zero-order valence-electron chi connectivity index (χ0n) is 15.1. The molecule has 0 bridgehead atoms. The second kappa shape index (κ2) is 6.68. The summed E-state index contributed by atoms with van der Waals surface area (Å²) in [7, 11) is -1.92. The third-order valence-electron chi connectivity index (χ3n) is 5.99. The Bertz CT molecular complexity index is 849. The van der Waals surface area contributed by atoms with Crippen molar-refractivity contribution in [3.63, 3.8) is 0 Å². The summed E-state index contributed by atoms with van der Waals surface area (Å²) in [5.74, 6) is 1.83. The molecule has 1 saturated carbocycles. The summed E-state index contributed by atoms with van der Waals surface area (Å²) in [5.41, 5.74) is 0.578. The van der Waals surface area contributed by atoms with Gasteiger partial charge in [0.25, 0.3) is 10.0 Å². The smallest absolute Gasteiger partial charge is 0.285 e. The fourth-order valence-corrected chi connectivity index (χ4v) is 5.82. The van der Waals surface area contributed by atoms with Crippen LogP contribution in [0.5, 0.6) is 0 Å². The molecule has 1 amide bonds. The van der Waals surface area contributed by atoms with E-state index < -0.39 is 10.0 Å². The molecule has 2 fully saturated rings. The van der Waals surface area contributed by atoms with Crippen LogP contribution in [0.2, 0.25) is 0 Å². The van der Waals surface area contributed by atoms with Gasteiger partial charge in [-0.25, -0.2) is 0 Å². The molecule has 0 unspecified atom stereocenters. The Kier molecular flexibility index (Phi) is 4.50. The third-order valence-corrected chi connectivity index (χ3v) is 7.32. The van der Waals surface area contributed by atoms with Crippen molar-refractivity contribution in [1.82, 2.24) is 9.80 Å². The molecule has 7 heteroatoms. The van der Waals surface area contributed by atoms with Gasteiger partial charge in [-0.05, 0) is 36.8 Å². The number of nitrogens with zero attached hydrogens (tertiary/aromatic N) is 3. The average Bonchev–Trinajstić information content (AvgIpc) is 2.93. The molecule has 1 aromatic rings. The van der Waals surface area contributed by atoms with Crippen LogP contribution in [-0.2, 0) is 14.8 Å². The van der Waals surface area contributed by atoms with Crippen LogP contribution in [0.25, 0.3) is 0 Å². The van der Waals surface area contributed by atoms with Gasteiger partial charge in [0.05, 0.1) is 6.54 Å². The predicted octanol–water partition coefficient (Wildman–Crippen LogP) is 2.11. The van der Waals surface area contributed by atoms with Gasteiger partial charge < -0.3 is 9.80 Å². The highest BCUT2D eigenvalue weighted by Gasteiger charge is 2.35. The Morgan fingerprint density at radius 2 is 1.92 bits per heavy atom. The van der Waals surface area contributed by atoms with Crippen molar-refractivity contribution in [1.29, 1.82) is 0 Å². The lowest BCUT2D eigenvalue weighted by molar-refractivity contribution is -0.134. The van der Waals surface area contributed by atoms with Crippen molar-refractivity contribution in [3.8, 4) is 0 Å². The summed E-state index contributed by atoms with van der Waals surface area (Å²) in [6.07, 6.45) is 6.22. The van der Waals surface area contributed by atoms with Gasteiger partial charge in [0.2, 0.25) is 5.91 Å². The summed E-state index contributed by atoms with van der Waals surface area (Å²) >= 11 is 0. The maximum Gasteiger partial charge on any atom is 0.285 e. The van der Waals surface area contributed by atoms with Crippen LogP contribution >= 0.6 is 0 Å². The Hall–Kier alpha value is -1.89. The number of hydrogen-bond donors (Lipinski definition) is 0. The molecule has 26 heavy (non-hydrogen) atoms. The van der Waals surface area contributed by atoms with Crippen LogP contribution in [0.15, 0.2) is 33.6 Å². The fourth-order valence-electron chi connectivity index (χ4n) is 4.57. The van der Waals surface area contributed by atoms with Crippen LogP contribution < -0.4 is 0 Å². The number of hydrogen-bond acceptors (Lipinski definition) is 4. The number of carbonyl (C=O) groups excluding carboxylic acids is 1. The molecule has 4 rings (SSSR count). The van der Waals surface area contributed by atoms with Crippen molar-refractivity contribution in [2.75, 3.05) is 26.7 Å². The standard InChI is InChI=1S/C19H25N3O3S/c1-21(19-16-8-4-5-9-17(16)26(24,25)20-19)13-18(23)22-11-10-14-6-2-3-7-15(14)12-22/h4-5,8-9,14-15H,2-3,6-7,10-13H2,1H3/t14-,15+/m1/s1. The first-order chi connectivity index (χ1) is 12.5. The van der Waals surface area contributed by atoms with Gasteiger partial charge in [0, 0.05) is 25.7 Å². The minimum absolute atomic E-state index is 0.0565. The number of carbonyl (C=O) groups is 1. The van der Waals surface area contributed by atoms with Crippen LogP contribution in [0, 0.1) is 11.8 Å². The number of amides is 1. The number of likely N-dealkylation sites (tertiary alicyclic amines) is 1. The number of fused-ring (bicyclic) bond motifs is 2. The van der Waals surface area contributed by atoms with E-state index >= 15 is 0 Å². The molecule has 2 atom stereocenters. The van der Waals surface area contributed by atoms with Gasteiger partial charge in [0.1, 0.15) is 4.90 Å². The first kappa shape index (κ1) is 17.5. The van der Waals surface area contributed by atoms with Crippen LogP contribution in [0.3, 0.4) is 0 Å². The minimum Gasteiger partial charge on any atom is -0.349 e. The summed E-state index contributed by atoms with van der Waals surface area (Å²) < 4.78 is 28.3. The molecule has 140 valence electrons. The van der Waals surface area contributed by atoms with Crippen LogP contribution in [0.1, 0.15) is 37.7 Å². The van der Waals surface area contributed by atoms with Crippen molar-refractivity contribution >= 4 is 21.8 Å². The van der Waals surface area contributed by atoms with Crippen LogP contribution in [0.4, 0.5) is 0 Å². The van der Waals surface area contributed by atoms with Gasteiger partial charge in [-0.15, -0.1) is 4.40 Å². The second-order valence-electron chi connectivity index (χ2n) is 7.68. The monoisotopic (exact) mass is 375 g/mol. The largest absolute Gasteiger partial charge is 0.349 e. The molecule has 1 aromatic carbocycles. The quantitative estimate of drug-likeness (QED) is 0.794. The molecule has 0 N–H and O–H groups in total. The van der Waals surface area contributed by atoms with E-state index in [2.05, 4.69) is 4.40 Å². The first-order valence-electron chi connectivity index (χ1n) is 9.39. The maximum atomic E-state index is 12.8.